The number of hydrogen-bond donors (Lipinski definition) is 3. The van der Waals surface area contributed by atoms with Crippen LogP contribution in [0.25, 0.3) is 27.8 Å². The number of nitrogens with zero attached hydrogens (tertiary/aromatic N) is 3. The molecule has 0 saturated carbocycles. The average Bonchev–Trinajstić information content (AvgIpc) is 3.50. The number of primary amides is 1. The lowest BCUT2D eigenvalue weighted by Crippen LogP contribution is -2.18. The van der Waals surface area contributed by atoms with Gasteiger partial charge in [-0.1, -0.05) is 18.2 Å². The molecule has 8 nitrogen and oxygen atoms in total. The van der Waals surface area contributed by atoms with Gasteiger partial charge >= 0.3 is 0 Å². The lowest BCUT2D eigenvalue weighted by atomic mass is 9.93. The molecular weight excluding hydrogens is 404 g/mol. The van der Waals surface area contributed by atoms with Gasteiger partial charge in [0.1, 0.15) is 5.65 Å². The topological polar surface area (TPSA) is 119 Å². The molecule has 2 amide bonds. The summed E-state index contributed by atoms with van der Waals surface area (Å²) in [4.78, 5) is 32.8. The summed E-state index contributed by atoms with van der Waals surface area (Å²) in [7, 11) is 0. The van der Waals surface area contributed by atoms with Crippen LogP contribution in [0.4, 0.5) is 5.69 Å². The number of H-pyrrole nitrogens is 1. The zero-order valence-corrected chi connectivity index (χ0v) is 16.8. The van der Waals surface area contributed by atoms with Crippen LogP contribution in [0, 0.1) is 0 Å². The maximum Gasteiger partial charge on any atom is 0.256 e. The molecule has 0 spiro atoms. The van der Waals surface area contributed by atoms with Crippen molar-refractivity contribution < 1.29 is 9.59 Å². The molecule has 0 radical (unpaired) electrons. The van der Waals surface area contributed by atoms with E-state index in [-0.39, 0.29) is 11.5 Å². The number of nitrogens with two attached hydrogens (primary N) is 1. The van der Waals surface area contributed by atoms with Crippen molar-refractivity contribution in [3.05, 3.63) is 96.6 Å². The Morgan fingerprint density at radius 2 is 1.84 bits per heavy atom. The average molecular weight is 422 g/mol. The van der Waals surface area contributed by atoms with Crippen LogP contribution >= 0.6 is 0 Å². The number of rotatable bonds is 5. The smallest absolute Gasteiger partial charge is 0.256 e. The number of anilines is 1. The highest BCUT2D eigenvalue weighted by atomic mass is 16.2. The van der Waals surface area contributed by atoms with E-state index in [4.69, 9.17) is 5.73 Å². The van der Waals surface area contributed by atoms with Crippen molar-refractivity contribution in [2.24, 2.45) is 5.73 Å². The van der Waals surface area contributed by atoms with Crippen LogP contribution in [0.1, 0.15) is 20.7 Å². The van der Waals surface area contributed by atoms with E-state index in [0.717, 1.165) is 16.7 Å². The van der Waals surface area contributed by atoms with E-state index in [9.17, 15) is 9.59 Å². The van der Waals surface area contributed by atoms with E-state index in [1.807, 2.05) is 48.7 Å². The van der Waals surface area contributed by atoms with E-state index in [1.54, 1.807) is 41.5 Å². The number of carbonyl (C=O) groups excluding carboxylic acids is 2. The minimum Gasteiger partial charge on any atom is -0.366 e. The number of benzene rings is 2. The Kier molecular flexibility index (Phi) is 4.72. The van der Waals surface area contributed by atoms with Gasteiger partial charge in [0.2, 0.25) is 5.91 Å². The molecule has 0 aliphatic heterocycles. The number of aromatic nitrogens is 4. The number of aromatic amines is 1. The van der Waals surface area contributed by atoms with Crippen LogP contribution in [-0.4, -0.2) is 31.6 Å². The minimum atomic E-state index is -0.616. The molecule has 0 aliphatic carbocycles. The van der Waals surface area contributed by atoms with E-state index >= 15 is 0 Å². The largest absolute Gasteiger partial charge is 0.366 e. The molecule has 2 aromatic carbocycles. The van der Waals surface area contributed by atoms with E-state index in [0.29, 0.717) is 22.4 Å². The molecule has 0 saturated heterocycles. The number of amides is 2. The van der Waals surface area contributed by atoms with Crippen LogP contribution < -0.4 is 11.1 Å². The molecule has 0 fully saturated rings. The summed E-state index contributed by atoms with van der Waals surface area (Å²) in [6.07, 6.45) is 6.85. The van der Waals surface area contributed by atoms with Gasteiger partial charge in [0, 0.05) is 40.7 Å². The molecule has 0 bridgehead atoms. The van der Waals surface area contributed by atoms with Gasteiger partial charge in [0.25, 0.3) is 5.91 Å². The van der Waals surface area contributed by atoms with Gasteiger partial charge in [-0.25, -0.2) is 9.67 Å². The third kappa shape index (κ3) is 3.50. The molecule has 3 aromatic heterocycles. The second-order valence-electron chi connectivity index (χ2n) is 7.19. The summed E-state index contributed by atoms with van der Waals surface area (Å²) in [5, 5.41) is 8.00. The summed E-state index contributed by atoms with van der Waals surface area (Å²) in [5.74, 6) is -0.987. The SMILES string of the molecule is NC(=O)c1cccc(C(=O)Nc2cnc3[nH]ccc3c2)c1-c1cccc(-n2cccn2)c1. The van der Waals surface area contributed by atoms with Crippen molar-refractivity contribution in [2.45, 2.75) is 0 Å². The highest BCUT2D eigenvalue weighted by Gasteiger charge is 2.20. The van der Waals surface area contributed by atoms with Crippen molar-refractivity contribution >= 4 is 28.5 Å². The molecule has 0 unspecified atom stereocenters. The fourth-order valence-corrected chi connectivity index (χ4v) is 3.69. The summed E-state index contributed by atoms with van der Waals surface area (Å²) in [5.41, 5.74) is 9.45. The van der Waals surface area contributed by atoms with Crippen molar-refractivity contribution in [1.82, 2.24) is 19.7 Å². The fraction of sp³-hybridized carbons (Fsp3) is 0. The van der Waals surface area contributed by atoms with Crippen LogP contribution in [0.15, 0.2) is 85.5 Å². The quantitative estimate of drug-likeness (QED) is 0.399. The van der Waals surface area contributed by atoms with Gasteiger partial charge in [0.05, 0.1) is 17.6 Å². The monoisotopic (exact) mass is 422 g/mol. The molecule has 32 heavy (non-hydrogen) atoms. The molecule has 0 aliphatic rings. The summed E-state index contributed by atoms with van der Waals surface area (Å²) in [6, 6.07) is 17.9. The van der Waals surface area contributed by atoms with Gasteiger partial charge in [-0.2, -0.15) is 5.10 Å². The highest BCUT2D eigenvalue weighted by molar-refractivity contribution is 6.13. The van der Waals surface area contributed by atoms with Crippen molar-refractivity contribution in [3.63, 3.8) is 0 Å². The first-order chi connectivity index (χ1) is 15.6. The zero-order chi connectivity index (χ0) is 22.1. The molecular formula is C24H18N6O2. The van der Waals surface area contributed by atoms with Crippen LogP contribution in [0.3, 0.4) is 0 Å². The first-order valence-corrected chi connectivity index (χ1v) is 9.88. The van der Waals surface area contributed by atoms with Gasteiger partial charge < -0.3 is 16.0 Å². The van der Waals surface area contributed by atoms with Crippen molar-refractivity contribution in [2.75, 3.05) is 5.32 Å². The number of hydrogen-bond acceptors (Lipinski definition) is 4. The Morgan fingerprint density at radius 3 is 2.66 bits per heavy atom. The van der Waals surface area contributed by atoms with Gasteiger partial charge in [-0.15, -0.1) is 0 Å². The predicted molar refractivity (Wildman–Crippen MR) is 122 cm³/mol. The Balaban J connectivity index is 1.59. The Morgan fingerprint density at radius 1 is 1.00 bits per heavy atom. The molecule has 5 rings (SSSR count). The first-order valence-electron chi connectivity index (χ1n) is 9.88. The number of nitrogens with one attached hydrogen (secondary N) is 2. The lowest BCUT2D eigenvalue weighted by molar-refractivity contribution is 0.100. The third-order valence-electron chi connectivity index (χ3n) is 5.14. The molecule has 8 heteroatoms. The van der Waals surface area contributed by atoms with Crippen molar-refractivity contribution in [3.8, 4) is 16.8 Å². The van der Waals surface area contributed by atoms with Crippen LogP contribution in [-0.2, 0) is 0 Å². The van der Waals surface area contributed by atoms with Gasteiger partial charge in [-0.05, 0) is 48.0 Å². The number of carbonyl (C=O) groups is 2. The maximum absolute atomic E-state index is 13.3. The first kappa shape index (κ1) is 19.3. The standard InChI is InChI=1S/C24H18N6O2/c25-22(31)19-6-2-7-20(24(32)29-17-12-16-8-10-26-23(16)27-14-17)21(19)15-4-1-5-18(13-15)30-11-3-9-28-30/h1-14H,(H2,25,31)(H,26,27)(H,29,32). The van der Waals surface area contributed by atoms with E-state index in [2.05, 4.69) is 20.4 Å². The zero-order valence-electron chi connectivity index (χ0n) is 16.8. The molecule has 5 aromatic rings. The molecule has 3 heterocycles. The third-order valence-corrected chi connectivity index (χ3v) is 5.14. The Bertz CT molecular complexity index is 1450. The molecule has 156 valence electrons. The van der Waals surface area contributed by atoms with Crippen molar-refractivity contribution in [1.29, 1.82) is 0 Å². The second kappa shape index (κ2) is 7.84. The highest BCUT2D eigenvalue weighted by Crippen LogP contribution is 2.30. The number of fused-ring (bicyclic) bond motifs is 1. The summed E-state index contributed by atoms with van der Waals surface area (Å²) < 4.78 is 1.70. The Labute approximate surface area is 182 Å². The predicted octanol–water partition coefficient (Wildman–Crippen LogP) is 3.77. The van der Waals surface area contributed by atoms with Gasteiger partial charge in [-0.3, -0.25) is 9.59 Å². The minimum absolute atomic E-state index is 0.259. The van der Waals surface area contributed by atoms with E-state index < -0.39 is 5.91 Å². The lowest BCUT2D eigenvalue weighted by Gasteiger charge is -2.15. The van der Waals surface area contributed by atoms with Crippen LogP contribution in [0.5, 0.6) is 0 Å². The molecule has 0 atom stereocenters. The van der Waals surface area contributed by atoms with E-state index in [1.165, 1.54) is 0 Å². The van der Waals surface area contributed by atoms with Crippen LogP contribution in [0.2, 0.25) is 0 Å². The summed E-state index contributed by atoms with van der Waals surface area (Å²) >= 11 is 0. The van der Waals surface area contributed by atoms with Gasteiger partial charge in [0.15, 0.2) is 0 Å². The Hall–Kier alpha value is -4.72. The molecule has 4 N–H and O–H groups in total. The maximum atomic E-state index is 13.3. The number of pyridine rings is 1. The normalized spacial score (nSPS) is 10.9. The fourth-order valence-electron chi connectivity index (χ4n) is 3.69. The second-order valence-corrected chi connectivity index (χ2v) is 7.19. The summed E-state index contributed by atoms with van der Waals surface area (Å²) in [6.45, 7) is 0.